The van der Waals surface area contributed by atoms with Crippen molar-refractivity contribution in [3.8, 4) is 0 Å². The van der Waals surface area contributed by atoms with E-state index in [1.807, 2.05) is 0 Å². The number of esters is 1. The summed E-state index contributed by atoms with van der Waals surface area (Å²) >= 11 is 0. The highest BCUT2D eigenvalue weighted by molar-refractivity contribution is 5.72. The van der Waals surface area contributed by atoms with Gasteiger partial charge in [0.1, 0.15) is 0 Å². The van der Waals surface area contributed by atoms with Crippen molar-refractivity contribution in [2.45, 2.75) is 162 Å². The highest BCUT2D eigenvalue weighted by Gasteiger charge is 2.19. The molecule has 0 saturated carbocycles. The van der Waals surface area contributed by atoms with Crippen molar-refractivity contribution in [1.82, 2.24) is 4.90 Å². The molecular formula is C33H65NO5. The van der Waals surface area contributed by atoms with Gasteiger partial charge in [0.2, 0.25) is 0 Å². The van der Waals surface area contributed by atoms with Gasteiger partial charge in [-0.1, -0.05) is 104 Å². The molecule has 39 heavy (non-hydrogen) atoms. The van der Waals surface area contributed by atoms with Crippen molar-refractivity contribution < 1.29 is 24.5 Å². The Labute approximate surface area is 241 Å². The lowest BCUT2D eigenvalue weighted by Crippen LogP contribution is -2.27. The van der Waals surface area contributed by atoms with Gasteiger partial charge in [0.25, 0.3) is 0 Å². The van der Waals surface area contributed by atoms with Gasteiger partial charge in [-0.3, -0.25) is 9.59 Å². The predicted molar refractivity (Wildman–Crippen MR) is 163 cm³/mol. The fourth-order valence-corrected chi connectivity index (χ4v) is 5.20. The van der Waals surface area contributed by atoms with E-state index in [9.17, 15) is 9.59 Å². The molecule has 6 heteroatoms. The van der Waals surface area contributed by atoms with E-state index in [-0.39, 0.29) is 24.9 Å². The summed E-state index contributed by atoms with van der Waals surface area (Å²) in [4.78, 5) is 25.9. The van der Waals surface area contributed by atoms with Crippen LogP contribution in [0.25, 0.3) is 0 Å². The summed E-state index contributed by atoms with van der Waals surface area (Å²) in [6, 6.07) is 0. The number of aliphatic hydroxyl groups excluding tert-OH is 1. The molecule has 0 bridgehead atoms. The van der Waals surface area contributed by atoms with Crippen molar-refractivity contribution in [3.05, 3.63) is 0 Å². The number of carboxylic acid groups (broad SMARTS) is 1. The van der Waals surface area contributed by atoms with Gasteiger partial charge >= 0.3 is 11.9 Å². The van der Waals surface area contributed by atoms with Gasteiger partial charge in [0.15, 0.2) is 0 Å². The van der Waals surface area contributed by atoms with E-state index >= 15 is 0 Å². The minimum atomic E-state index is -0.703. The van der Waals surface area contributed by atoms with Crippen molar-refractivity contribution >= 4 is 11.9 Å². The molecule has 0 rings (SSSR count). The number of hydrogen-bond acceptors (Lipinski definition) is 5. The van der Waals surface area contributed by atoms with Crippen LogP contribution < -0.4 is 0 Å². The Morgan fingerprint density at radius 2 is 1.08 bits per heavy atom. The smallest absolute Gasteiger partial charge is 0.308 e. The number of nitrogens with zero attached hydrogens (tertiary/aromatic N) is 1. The number of carbonyl (C=O) groups excluding carboxylic acids is 1. The Morgan fingerprint density at radius 3 is 1.64 bits per heavy atom. The van der Waals surface area contributed by atoms with Gasteiger partial charge in [-0.05, 0) is 71.0 Å². The summed E-state index contributed by atoms with van der Waals surface area (Å²) < 4.78 is 5.74. The second-order valence-corrected chi connectivity index (χ2v) is 11.5. The van der Waals surface area contributed by atoms with Crippen LogP contribution in [0.4, 0.5) is 0 Å². The van der Waals surface area contributed by atoms with Crippen molar-refractivity contribution in [2.75, 3.05) is 32.8 Å². The first kappa shape index (κ1) is 37.9. The lowest BCUT2D eigenvalue weighted by atomic mass is 9.94. The van der Waals surface area contributed by atoms with Crippen molar-refractivity contribution in [2.24, 2.45) is 5.92 Å². The van der Waals surface area contributed by atoms with Crippen LogP contribution in [-0.4, -0.2) is 59.9 Å². The number of aliphatic hydroxyl groups is 1. The molecule has 0 heterocycles. The normalized spacial score (nSPS) is 12.2. The minimum absolute atomic E-state index is 0.0402. The Balaban J connectivity index is 4.15. The maximum absolute atomic E-state index is 12.8. The Hall–Kier alpha value is -1.14. The van der Waals surface area contributed by atoms with E-state index in [1.54, 1.807) is 0 Å². The first-order chi connectivity index (χ1) is 19.0. The molecule has 0 radical (unpaired) electrons. The maximum atomic E-state index is 12.8. The van der Waals surface area contributed by atoms with Gasteiger partial charge in [-0.15, -0.1) is 0 Å². The topological polar surface area (TPSA) is 87.1 Å². The molecule has 232 valence electrons. The Kier molecular flexibility index (Phi) is 29.0. The third kappa shape index (κ3) is 26.8. The second-order valence-electron chi connectivity index (χ2n) is 11.5. The van der Waals surface area contributed by atoms with Crippen LogP contribution in [0.15, 0.2) is 0 Å². The molecule has 0 aliphatic heterocycles. The number of carboxylic acids is 1. The summed E-state index contributed by atoms with van der Waals surface area (Å²) in [6.07, 6.45) is 24.8. The first-order valence-electron chi connectivity index (χ1n) is 16.8. The molecule has 0 aromatic heterocycles. The molecule has 1 unspecified atom stereocenters. The molecule has 0 saturated heterocycles. The molecule has 0 fully saturated rings. The lowest BCUT2D eigenvalue weighted by Gasteiger charge is -2.22. The molecule has 2 N–H and O–H groups in total. The molecule has 0 spiro atoms. The van der Waals surface area contributed by atoms with Gasteiger partial charge in [0.05, 0.1) is 12.5 Å². The Morgan fingerprint density at radius 1 is 0.615 bits per heavy atom. The van der Waals surface area contributed by atoms with E-state index in [0.717, 1.165) is 110 Å². The number of unbranched alkanes of at least 4 members (excludes halogenated alkanes) is 15. The van der Waals surface area contributed by atoms with Crippen LogP contribution in [0.3, 0.4) is 0 Å². The lowest BCUT2D eigenvalue weighted by molar-refractivity contribution is -0.149. The average molecular weight is 556 g/mol. The number of ether oxygens (including phenoxy) is 1. The van der Waals surface area contributed by atoms with Crippen LogP contribution in [-0.2, 0) is 14.3 Å². The molecule has 0 aromatic carbocycles. The monoisotopic (exact) mass is 555 g/mol. The molecule has 0 aliphatic carbocycles. The maximum Gasteiger partial charge on any atom is 0.308 e. The average Bonchev–Trinajstić information content (AvgIpc) is 2.92. The first-order valence-corrected chi connectivity index (χ1v) is 16.8. The quantitative estimate of drug-likeness (QED) is 0.0658. The van der Waals surface area contributed by atoms with Crippen molar-refractivity contribution in [1.29, 1.82) is 0 Å². The molecule has 1 atom stereocenters. The summed E-state index contributed by atoms with van der Waals surface area (Å²) in [6.45, 7) is 8.41. The SMILES string of the molecule is CCCCCCCCC(CCCCCC)C(=O)OCCCCCCN(CCCCO)CCCCCCC(=O)O. The van der Waals surface area contributed by atoms with Crippen LogP contribution in [0.5, 0.6) is 0 Å². The van der Waals surface area contributed by atoms with Gasteiger partial charge < -0.3 is 19.8 Å². The van der Waals surface area contributed by atoms with Gasteiger partial charge in [-0.2, -0.15) is 0 Å². The second kappa shape index (κ2) is 29.8. The van der Waals surface area contributed by atoms with Gasteiger partial charge in [-0.25, -0.2) is 0 Å². The zero-order chi connectivity index (χ0) is 28.8. The zero-order valence-electron chi connectivity index (χ0n) is 25.9. The predicted octanol–water partition coefficient (Wildman–Crippen LogP) is 8.54. The molecular weight excluding hydrogens is 490 g/mol. The van der Waals surface area contributed by atoms with E-state index in [4.69, 9.17) is 14.9 Å². The van der Waals surface area contributed by atoms with E-state index < -0.39 is 5.97 Å². The number of hydrogen-bond donors (Lipinski definition) is 2. The number of carbonyl (C=O) groups is 2. The fourth-order valence-electron chi connectivity index (χ4n) is 5.20. The molecule has 0 amide bonds. The summed E-state index contributed by atoms with van der Waals surface area (Å²) in [7, 11) is 0. The summed E-state index contributed by atoms with van der Waals surface area (Å²) in [5.74, 6) is -0.575. The van der Waals surface area contributed by atoms with Crippen molar-refractivity contribution in [3.63, 3.8) is 0 Å². The fraction of sp³-hybridized carbons (Fsp3) is 0.939. The molecule has 6 nitrogen and oxygen atoms in total. The largest absolute Gasteiger partial charge is 0.481 e. The highest BCUT2D eigenvalue weighted by Crippen LogP contribution is 2.21. The highest BCUT2D eigenvalue weighted by atomic mass is 16.5. The third-order valence-electron chi connectivity index (χ3n) is 7.76. The van der Waals surface area contributed by atoms with E-state index in [1.165, 1.54) is 51.4 Å². The standard InChI is InChI=1S/C33H65NO5/c1-3-5-7-9-10-16-24-31(23-15-8-6-4-2)33(38)39-30-22-14-13-19-27-34(28-20-21-29-35)26-18-12-11-17-25-32(36)37/h31,35H,3-30H2,1-2H3,(H,36,37). The van der Waals surface area contributed by atoms with Crippen LogP contribution in [0.1, 0.15) is 162 Å². The van der Waals surface area contributed by atoms with E-state index in [0.29, 0.717) is 6.61 Å². The zero-order valence-corrected chi connectivity index (χ0v) is 25.9. The summed E-state index contributed by atoms with van der Waals surface area (Å²) in [5.41, 5.74) is 0. The minimum Gasteiger partial charge on any atom is -0.481 e. The summed E-state index contributed by atoms with van der Waals surface area (Å²) in [5, 5.41) is 17.9. The third-order valence-corrected chi connectivity index (χ3v) is 7.76. The molecule has 0 aromatic rings. The van der Waals surface area contributed by atoms with E-state index in [2.05, 4.69) is 18.7 Å². The van der Waals surface area contributed by atoms with Crippen LogP contribution in [0, 0.1) is 5.92 Å². The molecule has 0 aliphatic rings. The van der Waals surface area contributed by atoms with Crippen LogP contribution in [0.2, 0.25) is 0 Å². The van der Waals surface area contributed by atoms with Crippen LogP contribution >= 0.6 is 0 Å². The Bertz CT molecular complexity index is 542. The number of rotatable bonds is 31. The van der Waals surface area contributed by atoms with Gasteiger partial charge in [0, 0.05) is 13.0 Å². The number of aliphatic carboxylic acids is 1.